The molecular formula is C20H28N4O. The molecule has 1 aromatic carbocycles. The number of carbonyl (C=O) groups is 1. The quantitative estimate of drug-likeness (QED) is 0.789. The molecular weight excluding hydrogens is 312 g/mol. The lowest BCUT2D eigenvalue weighted by atomic mass is 10.0. The molecule has 1 aliphatic heterocycles. The molecule has 3 rings (SSSR count). The summed E-state index contributed by atoms with van der Waals surface area (Å²) in [5, 5.41) is 3.03. The van der Waals surface area contributed by atoms with Crippen LogP contribution in [0, 0.1) is 5.92 Å². The van der Waals surface area contributed by atoms with Gasteiger partial charge in [-0.25, -0.2) is 4.98 Å². The van der Waals surface area contributed by atoms with E-state index in [4.69, 9.17) is 0 Å². The van der Waals surface area contributed by atoms with Crippen LogP contribution in [0.3, 0.4) is 0 Å². The van der Waals surface area contributed by atoms with Crippen molar-refractivity contribution in [1.29, 1.82) is 0 Å². The maximum atomic E-state index is 12.2. The number of nitrogens with zero attached hydrogens (tertiary/aromatic N) is 3. The summed E-state index contributed by atoms with van der Waals surface area (Å²) >= 11 is 0. The van der Waals surface area contributed by atoms with E-state index in [1.54, 1.807) is 12.5 Å². The van der Waals surface area contributed by atoms with Crippen molar-refractivity contribution in [3.8, 4) is 0 Å². The number of nitrogens with one attached hydrogen (secondary N) is 1. The fraction of sp³-hybridized carbons (Fsp3) is 0.500. The minimum atomic E-state index is 0.0150. The fourth-order valence-corrected chi connectivity index (χ4v) is 3.45. The molecule has 5 heteroatoms. The second-order valence-corrected chi connectivity index (χ2v) is 7.09. The van der Waals surface area contributed by atoms with E-state index in [2.05, 4.69) is 22.1 Å². The maximum Gasteiger partial charge on any atom is 0.251 e. The molecule has 2 aromatic rings. The number of amides is 1. The molecule has 5 nitrogen and oxygen atoms in total. The molecule has 134 valence electrons. The predicted molar refractivity (Wildman–Crippen MR) is 99.6 cm³/mol. The summed E-state index contributed by atoms with van der Waals surface area (Å²) < 4.78 is 2.01. The van der Waals surface area contributed by atoms with Gasteiger partial charge in [-0.05, 0) is 56.0 Å². The summed E-state index contributed by atoms with van der Waals surface area (Å²) in [5.74, 6) is 0.824. The second-order valence-electron chi connectivity index (χ2n) is 7.09. The van der Waals surface area contributed by atoms with Gasteiger partial charge in [0.05, 0.1) is 6.33 Å². The van der Waals surface area contributed by atoms with Gasteiger partial charge in [0.2, 0.25) is 0 Å². The van der Waals surface area contributed by atoms with Crippen molar-refractivity contribution in [2.45, 2.75) is 32.7 Å². The Morgan fingerprint density at radius 1 is 1.32 bits per heavy atom. The summed E-state index contributed by atoms with van der Waals surface area (Å²) in [4.78, 5) is 18.8. The summed E-state index contributed by atoms with van der Waals surface area (Å²) in [5.41, 5.74) is 1.88. The lowest BCUT2D eigenvalue weighted by Crippen LogP contribution is -2.36. The van der Waals surface area contributed by atoms with Crippen LogP contribution < -0.4 is 5.32 Å². The molecule has 1 aromatic heterocycles. The average molecular weight is 340 g/mol. The number of piperidine rings is 1. The number of carbonyl (C=O) groups excluding carboxylic acids is 1. The first kappa shape index (κ1) is 17.7. The normalized spacial score (nSPS) is 18.2. The van der Waals surface area contributed by atoms with Gasteiger partial charge in [-0.3, -0.25) is 4.79 Å². The molecule has 0 saturated carbocycles. The van der Waals surface area contributed by atoms with Crippen LogP contribution in [0.25, 0.3) is 0 Å². The molecule has 1 N–H and O–H groups in total. The van der Waals surface area contributed by atoms with Crippen LogP contribution in [-0.4, -0.2) is 46.5 Å². The van der Waals surface area contributed by atoms with Crippen LogP contribution >= 0.6 is 0 Å². The highest BCUT2D eigenvalue weighted by Crippen LogP contribution is 2.15. The Balaban J connectivity index is 1.39. The van der Waals surface area contributed by atoms with Crippen LogP contribution in [0.15, 0.2) is 43.0 Å². The van der Waals surface area contributed by atoms with Crippen molar-refractivity contribution < 1.29 is 4.79 Å². The smallest absolute Gasteiger partial charge is 0.251 e. The Morgan fingerprint density at radius 2 is 2.16 bits per heavy atom. The van der Waals surface area contributed by atoms with Gasteiger partial charge >= 0.3 is 0 Å². The summed E-state index contributed by atoms with van der Waals surface area (Å²) in [6.45, 7) is 7.32. The molecule has 0 aliphatic carbocycles. The minimum Gasteiger partial charge on any atom is -0.352 e. The maximum absolute atomic E-state index is 12.2. The molecule has 1 unspecified atom stereocenters. The standard InChI is InChI=1S/C20H28N4O/c1-17-4-2-11-23(14-17)12-3-9-22-20(25)19-7-5-18(6-8-19)15-24-13-10-21-16-24/h5-8,10,13,16-17H,2-4,9,11-12,14-15H2,1H3,(H,22,25). The lowest BCUT2D eigenvalue weighted by molar-refractivity contribution is 0.0950. The van der Waals surface area contributed by atoms with Crippen LogP contribution in [0.5, 0.6) is 0 Å². The SMILES string of the molecule is CC1CCCN(CCCNC(=O)c2ccc(Cn3ccnc3)cc2)C1. The highest BCUT2D eigenvalue weighted by Gasteiger charge is 2.15. The number of hydrogen-bond acceptors (Lipinski definition) is 3. The van der Waals surface area contributed by atoms with Crippen LogP contribution in [0.1, 0.15) is 42.1 Å². The monoisotopic (exact) mass is 340 g/mol. The molecule has 1 fully saturated rings. The van der Waals surface area contributed by atoms with Crippen LogP contribution in [0.4, 0.5) is 0 Å². The third-order valence-corrected chi connectivity index (χ3v) is 4.82. The number of imidazole rings is 1. The molecule has 1 saturated heterocycles. The van der Waals surface area contributed by atoms with E-state index in [1.807, 2.05) is 35.0 Å². The van der Waals surface area contributed by atoms with Gasteiger partial charge in [0.25, 0.3) is 5.91 Å². The number of aromatic nitrogens is 2. The molecule has 1 aliphatic rings. The van der Waals surface area contributed by atoms with E-state index in [0.29, 0.717) is 0 Å². The van der Waals surface area contributed by atoms with Crippen molar-refractivity contribution in [3.05, 3.63) is 54.1 Å². The first-order valence-corrected chi connectivity index (χ1v) is 9.26. The lowest BCUT2D eigenvalue weighted by Gasteiger charge is -2.30. The van der Waals surface area contributed by atoms with E-state index in [9.17, 15) is 4.79 Å². The highest BCUT2D eigenvalue weighted by atomic mass is 16.1. The topological polar surface area (TPSA) is 50.2 Å². The molecule has 0 spiro atoms. The number of rotatable bonds is 7. The molecule has 1 atom stereocenters. The minimum absolute atomic E-state index is 0.0150. The zero-order valence-corrected chi connectivity index (χ0v) is 15.0. The number of likely N-dealkylation sites (tertiary alicyclic amines) is 1. The Bertz CT molecular complexity index is 651. The van der Waals surface area contributed by atoms with E-state index in [-0.39, 0.29) is 5.91 Å². The van der Waals surface area contributed by atoms with Gasteiger partial charge in [0.1, 0.15) is 0 Å². The third-order valence-electron chi connectivity index (χ3n) is 4.82. The van der Waals surface area contributed by atoms with Gasteiger partial charge in [-0.2, -0.15) is 0 Å². The van der Waals surface area contributed by atoms with Crippen LogP contribution in [-0.2, 0) is 6.54 Å². The zero-order chi connectivity index (χ0) is 17.5. The predicted octanol–water partition coefficient (Wildman–Crippen LogP) is 2.78. The Kier molecular flexibility index (Phi) is 6.23. The van der Waals surface area contributed by atoms with Gasteiger partial charge in [-0.15, -0.1) is 0 Å². The summed E-state index contributed by atoms with van der Waals surface area (Å²) in [6, 6.07) is 7.80. The highest BCUT2D eigenvalue weighted by molar-refractivity contribution is 5.94. The van der Waals surface area contributed by atoms with Crippen molar-refractivity contribution in [1.82, 2.24) is 19.8 Å². The summed E-state index contributed by atoms with van der Waals surface area (Å²) in [7, 11) is 0. The van der Waals surface area contributed by atoms with Crippen molar-refractivity contribution >= 4 is 5.91 Å². The van der Waals surface area contributed by atoms with E-state index >= 15 is 0 Å². The van der Waals surface area contributed by atoms with Crippen molar-refractivity contribution in [3.63, 3.8) is 0 Å². The Labute approximate surface area is 150 Å². The van der Waals surface area contributed by atoms with Gasteiger partial charge in [-0.1, -0.05) is 19.1 Å². The molecule has 1 amide bonds. The van der Waals surface area contributed by atoms with Crippen LogP contribution in [0.2, 0.25) is 0 Å². The number of hydrogen-bond donors (Lipinski definition) is 1. The third kappa shape index (κ3) is 5.43. The van der Waals surface area contributed by atoms with E-state index in [0.717, 1.165) is 43.1 Å². The van der Waals surface area contributed by atoms with Gasteiger partial charge in [0.15, 0.2) is 0 Å². The molecule has 2 heterocycles. The van der Waals surface area contributed by atoms with E-state index < -0.39 is 0 Å². The van der Waals surface area contributed by atoms with Crippen molar-refractivity contribution in [2.24, 2.45) is 5.92 Å². The molecule has 25 heavy (non-hydrogen) atoms. The Hall–Kier alpha value is -2.14. The first-order chi connectivity index (χ1) is 12.2. The largest absolute Gasteiger partial charge is 0.352 e. The zero-order valence-electron chi connectivity index (χ0n) is 15.0. The fourth-order valence-electron chi connectivity index (χ4n) is 3.45. The Morgan fingerprint density at radius 3 is 2.88 bits per heavy atom. The average Bonchev–Trinajstić information content (AvgIpc) is 3.12. The molecule has 0 bridgehead atoms. The van der Waals surface area contributed by atoms with Gasteiger partial charge in [0, 0.05) is 37.6 Å². The number of benzene rings is 1. The second kappa shape index (κ2) is 8.81. The van der Waals surface area contributed by atoms with Crippen molar-refractivity contribution in [2.75, 3.05) is 26.2 Å². The van der Waals surface area contributed by atoms with E-state index in [1.165, 1.54) is 25.9 Å². The first-order valence-electron chi connectivity index (χ1n) is 9.26. The summed E-state index contributed by atoms with van der Waals surface area (Å²) in [6.07, 6.45) is 9.17. The molecule has 0 radical (unpaired) electrons. The van der Waals surface area contributed by atoms with Gasteiger partial charge < -0.3 is 14.8 Å².